The number of nitrogens with two attached hydrogens (primary N) is 1. The molecule has 0 spiro atoms. The highest BCUT2D eigenvalue weighted by Gasteiger charge is 2.28. The standard InChI is InChI=1S/C15H23ClN4O/c1-3-11(2)13(17)15(21)20-9-7-19(8-10-20)14-12(16)5-4-6-18-14/h4-6,11,13H,3,7-10,17H2,1-2H3/t11-,13-/m0/s1. The van der Waals surface area contributed by atoms with E-state index in [-0.39, 0.29) is 11.8 Å². The second-order valence-corrected chi connectivity index (χ2v) is 5.94. The summed E-state index contributed by atoms with van der Waals surface area (Å²) in [6, 6.07) is 3.25. The van der Waals surface area contributed by atoms with Gasteiger partial charge in [0.15, 0.2) is 0 Å². The molecule has 0 unspecified atom stereocenters. The van der Waals surface area contributed by atoms with Crippen molar-refractivity contribution in [3.8, 4) is 0 Å². The van der Waals surface area contributed by atoms with Gasteiger partial charge in [0.1, 0.15) is 5.82 Å². The summed E-state index contributed by atoms with van der Waals surface area (Å²) in [6.45, 7) is 6.86. The number of aromatic nitrogens is 1. The van der Waals surface area contributed by atoms with Crippen LogP contribution in [0.4, 0.5) is 5.82 Å². The Bertz CT molecular complexity index is 488. The summed E-state index contributed by atoms with van der Waals surface area (Å²) in [5, 5.41) is 0.647. The summed E-state index contributed by atoms with van der Waals surface area (Å²) in [7, 11) is 0. The molecular formula is C15H23ClN4O. The van der Waals surface area contributed by atoms with E-state index in [9.17, 15) is 4.79 Å². The summed E-state index contributed by atoms with van der Waals surface area (Å²) in [5.74, 6) is 1.05. The normalized spacial score (nSPS) is 18.5. The highest BCUT2D eigenvalue weighted by atomic mass is 35.5. The topological polar surface area (TPSA) is 62.5 Å². The first kappa shape index (κ1) is 16.0. The zero-order chi connectivity index (χ0) is 15.4. The zero-order valence-corrected chi connectivity index (χ0v) is 13.4. The van der Waals surface area contributed by atoms with E-state index >= 15 is 0 Å². The van der Waals surface area contributed by atoms with Crippen LogP contribution in [0.2, 0.25) is 5.02 Å². The van der Waals surface area contributed by atoms with Crippen molar-refractivity contribution < 1.29 is 4.79 Å². The number of carbonyl (C=O) groups excluding carboxylic acids is 1. The molecule has 1 fully saturated rings. The van der Waals surface area contributed by atoms with Crippen molar-refractivity contribution in [3.05, 3.63) is 23.4 Å². The highest BCUT2D eigenvalue weighted by molar-refractivity contribution is 6.32. The summed E-state index contributed by atoms with van der Waals surface area (Å²) in [4.78, 5) is 20.6. The smallest absolute Gasteiger partial charge is 0.239 e. The van der Waals surface area contributed by atoms with E-state index < -0.39 is 6.04 Å². The van der Waals surface area contributed by atoms with Crippen molar-refractivity contribution in [3.63, 3.8) is 0 Å². The molecule has 0 aliphatic carbocycles. The van der Waals surface area contributed by atoms with Crippen LogP contribution in [0.3, 0.4) is 0 Å². The van der Waals surface area contributed by atoms with Gasteiger partial charge in [0.2, 0.25) is 5.91 Å². The molecule has 116 valence electrons. The number of anilines is 1. The number of pyridine rings is 1. The first-order valence-corrected chi connectivity index (χ1v) is 7.82. The molecule has 1 aromatic rings. The average molecular weight is 311 g/mol. The monoisotopic (exact) mass is 310 g/mol. The lowest BCUT2D eigenvalue weighted by Gasteiger charge is -2.37. The molecule has 1 amide bonds. The van der Waals surface area contributed by atoms with Crippen LogP contribution in [0, 0.1) is 5.92 Å². The number of hydrogen-bond donors (Lipinski definition) is 1. The minimum atomic E-state index is -0.403. The summed E-state index contributed by atoms with van der Waals surface area (Å²) < 4.78 is 0. The first-order chi connectivity index (χ1) is 10.0. The Morgan fingerprint density at radius 1 is 1.43 bits per heavy atom. The van der Waals surface area contributed by atoms with Gasteiger partial charge in [-0.3, -0.25) is 4.79 Å². The van der Waals surface area contributed by atoms with Gasteiger partial charge in [0.25, 0.3) is 0 Å². The summed E-state index contributed by atoms with van der Waals surface area (Å²) in [5.41, 5.74) is 6.03. The Hall–Kier alpha value is -1.33. The Morgan fingerprint density at radius 3 is 2.67 bits per heavy atom. The Kier molecular flexibility index (Phi) is 5.42. The number of amides is 1. The quantitative estimate of drug-likeness (QED) is 0.920. The second-order valence-electron chi connectivity index (χ2n) is 5.53. The van der Waals surface area contributed by atoms with Crippen molar-refractivity contribution in [2.45, 2.75) is 26.3 Å². The lowest BCUT2D eigenvalue weighted by atomic mass is 9.98. The third-order valence-corrected chi connectivity index (χ3v) is 4.47. The molecule has 21 heavy (non-hydrogen) atoms. The molecule has 0 bridgehead atoms. The first-order valence-electron chi connectivity index (χ1n) is 7.44. The van der Waals surface area contributed by atoms with Crippen LogP contribution in [-0.4, -0.2) is 48.0 Å². The Balaban J connectivity index is 1.94. The number of rotatable bonds is 4. The van der Waals surface area contributed by atoms with E-state index in [0.29, 0.717) is 18.1 Å². The predicted molar refractivity (Wildman–Crippen MR) is 85.5 cm³/mol. The van der Waals surface area contributed by atoms with E-state index in [1.165, 1.54) is 0 Å². The predicted octanol–water partition coefficient (Wildman–Crippen LogP) is 1.76. The van der Waals surface area contributed by atoms with Gasteiger partial charge in [0, 0.05) is 32.4 Å². The largest absolute Gasteiger partial charge is 0.352 e. The number of nitrogens with zero attached hydrogens (tertiary/aromatic N) is 3. The molecule has 1 saturated heterocycles. The van der Waals surface area contributed by atoms with E-state index in [1.807, 2.05) is 24.0 Å². The Labute approximate surface area is 131 Å². The van der Waals surface area contributed by atoms with E-state index in [2.05, 4.69) is 16.8 Å². The van der Waals surface area contributed by atoms with Crippen LogP contribution in [0.5, 0.6) is 0 Å². The van der Waals surface area contributed by atoms with Crippen molar-refractivity contribution in [1.82, 2.24) is 9.88 Å². The van der Waals surface area contributed by atoms with Crippen molar-refractivity contribution in [2.24, 2.45) is 11.7 Å². The molecule has 1 aliphatic rings. The van der Waals surface area contributed by atoms with Crippen LogP contribution < -0.4 is 10.6 Å². The molecular weight excluding hydrogens is 288 g/mol. The molecule has 0 saturated carbocycles. The molecule has 1 aliphatic heterocycles. The molecule has 2 N–H and O–H groups in total. The van der Waals surface area contributed by atoms with Crippen molar-refractivity contribution in [1.29, 1.82) is 0 Å². The number of hydrogen-bond acceptors (Lipinski definition) is 4. The molecule has 6 heteroatoms. The SMILES string of the molecule is CC[C@H](C)[C@H](N)C(=O)N1CCN(c2ncccc2Cl)CC1. The maximum Gasteiger partial charge on any atom is 0.239 e. The second kappa shape index (κ2) is 7.09. The van der Waals surface area contributed by atoms with Crippen LogP contribution in [0.25, 0.3) is 0 Å². The molecule has 0 radical (unpaired) electrons. The highest BCUT2D eigenvalue weighted by Crippen LogP contribution is 2.23. The third-order valence-electron chi connectivity index (χ3n) is 4.17. The maximum atomic E-state index is 12.3. The van der Waals surface area contributed by atoms with E-state index in [4.69, 9.17) is 17.3 Å². The van der Waals surface area contributed by atoms with Gasteiger partial charge < -0.3 is 15.5 Å². The van der Waals surface area contributed by atoms with Gasteiger partial charge in [-0.2, -0.15) is 0 Å². The van der Waals surface area contributed by atoms with Crippen molar-refractivity contribution >= 4 is 23.3 Å². The molecule has 2 atom stereocenters. The molecule has 2 rings (SSSR count). The van der Waals surface area contributed by atoms with Gasteiger partial charge >= 0.3 is 0 Å². The third kappa shape index (κ3) is 3.66. The molecule has 0 aromatic carbocycles. The molecule has 5 nitrogen and oxygen atoms in total. The average Bonchev–Trinajstić information content (AvgIpc) is 2.53. The van der Waals surface area contributed by atoms with E-state index in [1.54, 1.807) is 6.20 Å². The van der Waals surface area contributed by atoms with Gasteiger partial charge in [-0.1, -0.05) is 31.9 Å². The van der Waals surface area contributed by atoms with Gasteiger partial charge in [0.05, 0.1) is 11.1 Å². The maximum absolute atomic E-state index is 12.3. The van der Waals surface area contributed by atoms with Gasteiger partial charge in [-0.15, -0.1) is 0 Å². The van der Waals surface area contributed by atoms with Crippen LogP contribution in [0.15, 0.2) is 18.3 Å². The number of carbonyl (C=O) groups is 1. The minimum absolute atomic E-state index is 0.0520. The lowest BCUT2D eigenvalue weighted by molar-refractivity contribution is -0.134. The van der Waals surface area contributed by atoms with Crippen LogP contribution in [0.1, 0.15) is 20.3 Å². The number of halogens is 1. The van der Waals surface area contributed by atoms with Crippen LogP contribution in [-0.2, 0) is 4.79 Å². The fourth-order valence-electron chi connectivity index (χ4n) is 2.46. The summed E-state index contributed by atoms with van der Waals surface area (Å²) in [6.07, 6.45) is 2.65. The fourth-order valence-corrected chi connectivity index (χ4v) is 2.70. The van der Waals surface area contributed by atoms with E-state index in [0.717, 1.165) is 25.3 Å². The molecule has 2 heterocycles. The summed E-state index contributed by atoms with van der Waals surface area (Å²) >= 11 is 6.16. The lowest BCUT2D eigenvalue weighted by Crippen LogP contribution is -2.54. The van der Waals surface area contributed by atoms with Crippen LogP contribution >= 0.6 is 11.6 Å². The minimum Gasteiger partial charge on any atom is -0.352 e. The van der Waals surface area contributed by atoms with Gasteiger partial charge in [-0.05, 0) is 18.1 Å². The Morgan fingerprint density at radius 2 is 2.10 bits per heavy atom. The fraction of sp³-hybridized carbons (Fsp3) is 0.600. The number of piperazine rings is 1. The zero-order valence-electron chi connectivity index (χ0n) is 12.6. The van der Waals surface area contributed by atoms with Gasteiger partial charge in [-0.25, -0.2) is 4.98 Å². The molecule has 1 aromatic heterocycles. The van der Waals surface area contributed by atoms with Crippen molar-refractivity contribution in [2.75, 3.05) is 31.1 Å².